The van der Waals surface area contributed by atoms with Gasteiger partial charge in [-0.05, 0) is 13.8 Å². The molecular weight excluding hydrogens is 140 g/mol. The molecule has 1 N–H and O–H groups in total. The van der Waals surface area contributed by atoms with Crippen LogP contribution >= 0.6 is 0 Å². The molecule has 1 unspecified atom stereocenters. The lowest BCUT2D eigenvalue weighted by Gasteiger charge is -2.01. The van der Waals surface area contributed by atoms with Crippen LogP contribution in [0.25, 0.3) is 0 Å². The highest BCUT2D eigenvalue weighted by atomic mass is 15.8. The summed E-state index contributed by atoms with van der Waals surface area (Å²) in [6, 6.07) is 0. The van der Waals surface area contributed by atoms with Crippen molar-refractivity contribution in [2.24, 2.45) is 0 Å². The van der Waals surface area contributed by atoms with Crippen molar-refractivity contribution in [3.8, 4) is 0 Å². The molecule has 1 aliphatic heterocycles. The van der Waals surface area contributed by atoms with Crippen molar-refractivity contribution in [3.05, 3.63) is 18.1 Å². The molecule has 11 heavy (non-hydrogen) atoms. The molecular formula is C7H10N4. The SMILES string of the molecule is Cc1cncnc1N1NC1C. The first-order valence-corrected chi connectivity index (χ1v) is 3.61. The lowest BCUT2D eigenvalue weighted by molar-refractivity contribution is 1.05. The Morgan fingerprint density at radius 3 is 2.91 bits per heavy atom. The van der Waals surface area contributed by atoms with Crippen molar-refractivity contribution < 1.29 is 0 Å². The number of anilines is 1. The Morgan fingerprint density at radius 2 is 2.36 bits per heavy atom. The summed E-state index contributed by atoms with van der Waals surface area (Å²) in [7, 11) is 0. The summed E-state index contributed by atoms with van der Waals surface area (Å²) in [5.74, 6) is 0.979. The lowest BCUT2D eigenvalue weighted by Crippen LogP contribution is -2.02. The molecule has 4 nitrogen and oxygen atoms in total. The van der Waals surface area contributed by atoms with Crippen molar-refractivity contribution in [3.63, 3.8) is 0 Å². The highest BCUT2D eigenvalue weighted by Crippen LogP contribution is 2.21. The molecule has 0 spiro atoms. The minimum Gasteiger partial charge on any atom is -0.271 e. The van der Waals surface area contributed by atoms with E-state index in [2.05, 4.69) is 22.3 Å². The minimum absolute atomic E-state index is 0.420. The third kappa shape index (κ3) is 1.05. The fraction of sp³-hybridized carbons (Fsp3) is 0.429. The summed E-state index contributed by atoms with van der Waals surface area (Å²) in [4.78, 5) is 8.06. The Bertz CT molecular complexity index is 273. The Morgan fingerprint density at radius 1 is 1.64 bits per heavy atom. The van der Waals surface area contributed by atoms with E-state index < -0.39 is 0 Å². The van der Waals surface area contributed by atoms with E-state index in [4.69, 9.17) is 0 Å². The van der Waals surface area contributed by atoms with E-state index in [1.807, 2.05) is 18.1 Å². The molecule has 1 aromatic heterocycles. The van der Waals surface area contributed by atoms with E-state index in [0.717, 1.165) is 11.4 Å². The molecule has 0 radical (unpaired) electrons. The van der Waals surface area contributed by atoms with Gasteiger partial charge in [-0.1, -0.05) is 0 Å². The molecule has 1 aliphatic rings. The van der Waals surface area contributed by atoms with Crippen molar-refractivity contribution >= 4 is 5.82 Å². The summed E-state index contributed by atoms with van der Waals surface area (Å²) in [6.07, 6.45) is 3.80. The first kappa shape index (κ1) is 6.54. The van der Waals surface area contributed by atoms with Crippen LogP contribution in [-0.2, 0) is 0 Å². The van der Waals surface area contributed by atoms with E-state index in [1.54, 1.807) is 6.33 Å². The summed E-state index contributed by atoms with van der Waals surface area (Å²) in [5.41, 5.74) is 4.23. The van der Waals surface area contributed by atoms with Gasteiger partial charge >= 0.3 is 0 Å². The highest BCUT2D eigenvalue weighted by Gasteiger charge is 2.30. The van der Waals surface area contributed by atoms with Gasteiger partial charge in [0.2, 0.25) is 0 Å². The third-order valence-electron chi connectivity index (χ3n) is 1.74. The van der Waals surface area contributed by atoms with Crippen LogP contribution in [0.4, 0.5) is 5.82 Å². The number of aryl methyl sites for hydroxylation is 1. The third-order valence-corrected chi connectivity index (χ3v) is 1.74. The maximum absolute atomic E-state index is 4.14. The summed E-state index contributed by atoms with van der Waals surface area (Å²) in [6.45, 7) is 4.09. The standard InChI is InChI=1S/C7H10N4/c1-5-3-8-4-9-7(5)11-6(2)10-11/h3-4,6,10H,1-2H3. The van der Waals surface area contributed by atoms with Crippen molar-refractivity contribution in [1.29, 1.82) is 0 Å². The van der Waals surface area contributed by atoms with Gasteiger partial charge in [0.1, 0.15) is 12.5 Å². The second-order valence-electron chi connectivity index (χ2n) is 2.70. The average molecular weight is 150 g/mol. The predicted molar refractivity (Wildman–Crippen MR) is 41.8 cm³/mol. The second kappa shape index (κ2) is 2.17. The molecule has 0 aromatic carbocycles. The van der Waals surface area contributed by atoms with E-state index in [9.17, 15) is 0 Å². The maximum atomic E-state index is 4.14. The van der Waals surface area contributed by atoms with Gasteiger partial charge in [-0.15, -0.1) is 0 Å². The highest BCUT2D eigenvalue weighted by molar-refractivity contribution is 5.48. The zero-order chi connectivity index (χ0) is 7.84. The Balaban J connectivity index is 2.31. The smallest absolute Gasteiger partial charge is 0.150 e. The normalized spacial score (nSPS) is 22.0. The monoisotopic (exact) mass is 150 g/mol. The fourth-order valence-corrected chi connectivity index (χ4v) is 1.06. The molecule has 4 heteroatoms. The van der Waals surface area contributed by atoms with Gasteiger partial charge in [-0.2, -0.15) is 0 Å². The van der Waals surface area contributed by atoms with Gasteiger partial charge in [-0.25, -0.2) is 15.4 Å². The molecule has 58 valence electrons. The number of hydrogen-bond donors (Lipinski definition) is 1. The average Bonchev–Trinajstić information content (AvgIpc) is 2.68. The van der Waals surface area contributed by atoms with Crippen LogP contribution in [0.5, 0.6) is 0 Å². The summed E-state index contributed by atoms with van der Waals surface area (Å²) in [5, 5.41) is 2.01. The van der Waals surface area contributed by atoms with Gasteiger partial charge in [0.15, 0.2) is 5.82 Å². The van der Waals surface area contributed by atoms with Crippen LogP contribution in [0.1, 0.15) is 12.5 Å². The molecule has 1 aromatic rings. The summed E-state index contributed by atoms with van der Waals surface area (Å²) < 4.78 is 0. The molecule has 0 amide bonds. The van der Waals surface area contributed by atoms with Gasteiger partial charge in [0.25, 0.3) is 0 Å². The van der Waals surface area contributed by atoms with Gasteiger partial charge in [0, 0.05) is 11.8 Å². The quantitative estimate of drug-likeness (QED) is 0.591. The predicted octanol–water partition coefficient (Wildman–Crippen LogP) is 0.456. The maximum Gasteiger partial charge on any atom is 0.150 e. The number of rotatable bonds is 1. The van der Waals surface area contributed by atoms with E-state index in [1.165, 1.54) is 0 Å². The van der Waals surface area contributed by atoms with Crippen LogP contribution in [0, 0.1) is 6.92 Å². The van der Waals surface area contributed by atoms with Crippen molar-refractivity contribution in [1.82, 2.24) is 15.4 Å². The topological polar surface area (TPSA) is 50.7 Å². The zero-order valence-electron chi connectivity index (χ0n) is 6.57. The number of nitrogens with one attached hydrogen (secondary N) is 1. The molecule has 1 fully saturated rings. The first-order chi connectivity index (χ1) is 5.29. The Labute approximate surface area is 65.2 Å². The van der Waals surface area contributed by atoms with E-state index in [0.29, 0.717) is 6.17 Å². The molecule has 0 aliphatic carbocycles. The molecule has 0 saturated carbocycles. The van der Waals surface area contributed by atoms with Crippen LogP contribution in [0.2, 0.25) is 0 Å². The van der Waals surface area contributed by atoms with E-state index >= 15 is 0 Å². The van der Waals surface area contributed by atoms with E-state index in [-0.39, 0.29) is 0 Å². The molecule has 1 atom stereocenters. The largest absolute Gasteiger partial charge is 0.271 e. The van der Waals surface area contributed by atoms with Crippen LogP contribution in [-0.4, -0.2) is 16.1 Å². The van der Waals surface area contributed by atoms with Crippen LogP contribution < -0.4 is 10.4 Å². The number of hydrogen-bond acceptors (Lipinski definition) is 4. The minimum atomic E-state index is 0.420. The molecule has 1 saturated heterocycles. The molecule has 2 heterocycles. The van der Waals surface area contributed by atoms with Crippen molar-refractivity contribution in [2.45, 2.75) is 20.0 Å². The van der Waals surface area contributed by atoms with Gasteiger partial charge < -0.3 is 0 Å². The Hall–Kier alpha value is -1.16. The fourth-order valence-electron chi connectivity index (χ4n) is 1.06. The van der Waals surface area contributed by atoms with Gasteiger partial charge in [-0.3, -0.25) is 5.01 Å². The summed E-state index contributed by atoms with van der Waals surface area (Å²) >= 11 is 0. The Kier molecular flexibility index (Phi) is 1.29. The van der Waals surface area contributed by atoms with Crippen LogP contribution in [0.15, 0.2) is 12.5 Å². The number of hydrazine groups is 1. The molecule has 0 bridgehead atoms. The van der Waals surface area contributed by atoms with Crippen molar-refractivity contribution in [2.75, 3.05) is 5.01 Å². The molecule has 2 rings (SSSR count). The van der Waals surface area contributed by atoms with Gasteiger partial charge in [0.05, 0.1) is 0 Å². The number of nitrogens with zero attached hydrogens (tertiary/aromatic N) is 3. The van der Waals surface area contributed by atoms with Crippen LogP contribution in [0.3, 0.4) is 0 Å². The number of aromatic nitrogens is 2. The lowest BCUT2D eigenvalue weighted by atomic mass is 10.3. The zero-order valence-corrected chi connectivity index (χ0v) is 6.57. The first-order valence-electron chi connectivity index (χ1n) is 3.61. The second-order valence-corrected chi connectivity index (χ2v) is 2.70.